The van der Waals surface area contributed by atoms with Gasteiger partial charge in [-0.3, -0.25) is 4.79 Å². The molecule has 5 heteroatoms. The summed E-state index contributed by atoms with van der Waals surface area (Å²) in [7, 11) is 0. The number of nitrogens with zero attached hydrogens (tertiary/aromatic N) is 2. The Balaban J connectivity index is 2.51. The Morgan fingerprint density at radius 3 is 3.00 bits per heavy atom. The Kier molecular flexibility index (Phi) is 2.14. The smallest absolute Gasteiger partial charge is 0.268 e. The highest BCUT2D eigenvalue weighted by Gasteiger charge is 2.25. The molecule has 0 unspecified atom stereocenters. The molecule has 0 saturated heterocycles. The molecule has 0 radical (unpaired) electrons. The van der Waals surface area contributed by atoms with Crippen molar-refractivity contribution >= 4 is 16.8 Å². The summed E-state index contributed by atoms with van der Waals surface area (Å²) in [5.74, 6) is -0.621. The zero-order valence-electron chi connectivity index (χ0n) is 9.75. The predicted molar refractivity (Wildman–Crippen MR) is 63.7 cm³/mol. The second-order valence-corrected chi connectivity index (χ2v) is 4.34. The molecule has 0 bridgehead atoms. The number of nitriles is 1. The number of benzene rings is 1. The van der Waals surface area contributed by atoms with Crippen LogP contribution in [-0.4, -0.2) is 17.0 Å². The van der Waals surface area contributed by atoms with Crippen molar-refractivity contribution in [3.8, 4) is 6.07 Å². The Morgan fingerprint density at radius 2 is 2.28 bits per heavy atom. The van der Waals surface area contributed by atoms with Crippen LogP contribution in [0, 0.1) is 24.1 Å². The lowest BCUT2D eigenvalue weighted by Gasteiger charge is -2.17. The number of aryl methyl sites for hydroxylation is 1. The third-order valence-corrected chi connectivity index (χ3v) is 3.33. The standard InChI is InChI=1S/C13H10FN3O/c1-7-10-5-9(14)4-8(6-15)12(10)17-3-2-16-13(18)11(7)17/h4-5H,2-3H2,1H3,(H,16,18). The second kappa shape index (κ2) is 3.57. The zero-order valence-corrected chi connectivity index (χ0v) is 9.75. The summed E-state index contributed by atoms with van der Waals surface area (Å²) in [5, 5.41) is 12.5. The molecular weight excluding hydrogens is 233 g/mol. The molecule has 1 aromatic heterocycles. The molecule has 90 valence electrons. The molecular formula is C13H10FN3O. The fourth-order valence-electron chi connectivity index (χ4n) is 2.58. The van der Waals surface area contributed by atoms with Crippen molar-refractivity contribution in [2.75, 3.05) is 6.54 Å². The topological polar surface area (TPSA) is 57.8 Å². The molecule has 0 atom stereocenters. The lowest BCUT2D eigenvalue weighted by Crippen LogP contribution is -2.35. The number of carbonyl (C=O) groups is 1. The van der Waals surface area contributed by atoms with Crippen LogP contribution in [0.3, 0.4) is 0 Å². The summed E-state index contributed by atoms with van der Waals surface area (Å²) in [6, 6.07) is 4.59. The van der Waals surface area contributed by atoms with Gasteiger partial charge in [0.15, 0.2) is 0 Å². The average Bonchev–Trinajstić information content (AvgIpc) is 2.63. The third-order valence-electron chi connectivity index (χ3n) is 3.33. The Morgan fingerprint density at radius 1 is 1.50 bits per heavy atom. The SMILES string of the molecule is Cc1c2n(c3c(C#N)cc(F)cc13)CCNC2=O. The van der Waals surface area contributed by atoms with E-state index in [-0.39, 0.29) is 11.5 Å². The minimum absolute atomic E-state index is 0.167. The summed E-state index contributed by atoms with van der Waals surface area (Å²) >= 11 is 0. The first-order valence-corrected chi connectivity index (χ1v) is 5.64. The van der Waals surface area contributed by atoms with Crippen LogP contribution in [0.1, 0.15) is 21.6 Å². The first-order chi connectivity index (χ1) is 8.63. The van der Waals surface area contributed by atoms with Crippen LogP contribution in [0.4, 0.5) is 4.39 Å². The quantitative estimate of drug-likeness (QED) is 0.765. The van der Waals surface area contributed by atoms with E-state index in [0.29, 0.717) is 29.7 Å². The molecule has 0 spiro atoms. The maximum absolute atomic E-state index is 13.5. The number of hydrogen-bond acceptors (Lipinski definition) is 2. The molecule has 1 aliphatic heterocycles. The van der Waals surface area contributed by atoms with E-state index in [4.69, 9.17) is 5.26 Å². The largest absolute Gasteiger partial charge is 0.349 e. The summed E-state index contributed by atoms with van der Waals surface area (Å²) < 4.78 is 15.3. The van der Waals surface area contributed by atoms with Crippen molar-refractivity contribution in [1.82, 2.24) is 9.88 Å². The molecule has 1 N–H and O–H groups in total. The van der Waals surface area contributed by atoms with Gasteiger partial charge >= 0.3 is 0 Å². The number of rotatable bonds is 0. The molecule has 3 rings (SSSR count). The molecule has 2 aromatic rings. The molecule has 1 amide bonds. The number of halogens is 1. The number of amides is 1. The summed E-state index contributed by atoms with van der Waals surface area (Å²) in [4.78, 5) is 11.9. The van der Waals surface area contributed by atoms with E-state index in [2.05, 4.69) is 5.32 Å². The van der Waals surface area contributed by atoms with Gasteiger partial charge in [-0.05, 0) is 24.6 Å². The van der Waals surface area contributed by atoms with Gasteiger partial charge in [-0.25, -0.2) is 4.39 Å². The van der Waals surface area contributed by atoms with E-state index in [1.165, 1.54) is 12.1 Å². The predicted octanol–water partition coefficient (Wildman–Crippen LogP) is 1.70. The van der Waals surface area contributed by atoms with E-state index in [1.54, 1.807) is 6.92 Å². The molecule has 1 aromatic carbocycles. The number of carbonyl (C=O) groups excluding carboxylic acids is 1. The Bertz CT molecular complexity index is 724. The van der Waals surface area contributed by atoms with Gasteiger partial charge in [-0.15, -0.1) is 0 Å². The fraction of sp³-hybridized carbons (Fsp3) is 0.231. The van der Waals surface area contributed by atoms with E-state index < -0.39 is 5.82 Å². The maximum Gasteiger partial charge on any atom is 0.268 e. The van der Waals surface area contributed by atoms with Crippen LogP contribution in [0.15, 0.2) is 12.1 Å². The van der Waals surface area contributed by atoms with Crippen molar-refractivity contribution in [3.63, 3.8) is 0 Å². The second-order valence-electron chi connectivity index (χ2n) is 4.34. The molecule has 2 heterocycles. The van der Waals surface area contributed by atoms with Crippen LogP contribution in [0.5, 0.6) is 0 Å². The van der Waals surface area contributed by atoms with Crippen LogP contribution < -0.4 is 5.32 Å². The van der Waals surface area contributed by atoms with Crippen molar-refractivity contribution in [3.05, 3.63) is 34.8 Å². The first kappa shape index (κ1) is 10.8. The first-order valence-electron chi connectivity index (χ1n) is 5.64. The molecule has 0 aliphatic carbocycles. The van der Waals surface area contributed by atoms with Crippen molar-refractivity contribution in [1.29, 1.82) is 5.26 Å². The minimum Gasteiger partial charge on any atom is -0.349 e. The highest BCUT2D eigenvalue weighted by molar-refractivity contribution is 6.03. The number of hydrogen-bond donors (Lipinski definition) is 1. The van der Waals surface area contributed by atoms with Crippen LogP contribution in [-0.2, 0) is 6.54 Å². The van der Waals surface area contributed by atoms with Gasteiger partial charge in [-0.2, -0.15) is 5.26 Å². The fourth-order valence-corrected chi connectivity index (χ4v) is 2.58. The average molecular weight is 243 g/mol. The molecule has 18 heavy (non-hydrogen) atoms. The third kappa shape index (κ3) is 1.26. The van der Waals surface area contributed by atoms with Crippen molar-refractivity contribution in [2.45, 2.75) is 13.5 Å². The maximum atomic E-state index is 13.5. The minimum atomic E-state index is -0.453. The van der Waals surface area contributed by atoms with Gasteiger partial charge in [0.1, 0.15) is 17.6 Å². The van der Waals surface area contributed by atoms with Crippen molar-refractivity contribution in [2.24, 2.45) is 0 Å². The van der Waals surface area contributed by atoms with Crippen molar-refractivity contribution < 1.29 is 9.18 Å². The monoisotopic (exact) mass is 243 g/mol. The zero-order chi connectivity index (χ0) is 12.9. The van der Waals surface area contributed by atoms with Gasteiger partial charge in [0.05, 0.1) is 11.1 Å². The lowest BCUT2D eigenvalue weighted by molar-refractivity contribution is 0.0928. The van der Waals surface area contributed by atoms with Gasteiger partial charge in [0.25, 0.3) is 5.91 Å². The molecule has 1 aliphatic rings. The summed E-state index contributed by atoms with van der Waals surface area (Å²) in [6.07, 6.45) is 0. The van der Waals surface area contributed by atoms with Crippen LogP contribution in [0.25, 0.3) is 10.9 Å². The van der Waals surface area contributed by atoms with Crippen LogP contribution >= 0.6 is 0 Å². The molecule has 4 nitrogen and oxygen atoms in total. The highest BCUT2D eigenvalue weighted by Crippen LogP contribution is 2.30. The molecule has 0 saturated carbocycles. The normalized spacial score (nSPS) is 14.2. The van der Waals surface area contributed by atoms with E-state index in [1.807, 2.05) is 10.6 Å². The van der Waals surface area contributed by atoms with Gasteiger partial charge < -0.3 is 9.88 Å². The van der Waals surface area contributed by atoms with Gasteiger partial charge in [-0.1, -0.05) is 0 Å². The number of nitrogens with one attached hydrogen (secondary N) is 1. The number of fused-ring (bicyclic) bond motifs is 3. The highest BCUT2D eigenvalue weighted by atomic mass is 19.1. The van der Waals surface area contributed by atoms with E-state index in [9.17, 15) is 9.18 Å². The summed E-state index contributed by atoms with van der Waals surface area (Å²) in [6.45, 7) is 2.91. The van der Waals surface area contributed by atoms with E-state index >= 15 is 0 Å². The number of aromatic nitrogens is 1. The van der Waals surface area contributed by atoms with Crippen LogP contribution in [0.2, 0.25) is 0 Å². The van der Waals surface area contributed by atoms with Gasteiger partial charge in [0.2, 0.25) is 0 Å². The Hall–Kier alpha value is -2.35. The van der Waals surface area contributed by atoms with E-state index in [0.717, 1.165) is 5.56 Å². The summed E-state index contributed by atoms with van der Waals surface area (Å²) in [5.41, 5.74) is 2.17. The lowest BCUT2D eigenvalue weighted by atomic mass is 10.1. The Labute approximate surface area is 103 Å². The van der Waals surface area contributed by atoms with Gasteiger partial charge in [0, 0.05) is 18.5 Å². The molecule has 0 fully saturated rings.